The van der Waals surface area contributed by atoms with Gasteiger partial charge < -0.3 is 33.8 Å². The average Bonchev–Trinajstić information content (AvgIpc) is 0.939. The molecule has 0 radical (unpaired) electrons. The van der Waals surface area contributed by atoms with Gasteiger partial charge in [0.2, 0.25) is 0 Å². The molecule has 0 heterocycles. The quantitative estimate of drug-likeness (QED) is 0.0169. The molecule has 0 aliphatic rings. The molecular weight excluding hydrogens is 1330 g/mol. The summed E-state index contributed by atoms with van der Waals surface area (Å²) in [5, 5.41) is 10.6. The summed E-state index contributed by atoms with van der Waals surface area (Å²) in [5.41, 5.74) is 0. The van der Waals surface area contributed by atoms with Gasteiger partial charge in [0.25, 0.3) is 0 Å². The van der Waals surface area contributed by atoms with Crippen molar-refractivity contribution in [2.24, 2.45) is 0 Å². The van der Waals surface area contributed by atoms with Crippen LogP contribution in [0.25, 0.3) is 0 Å². The Bertz CT molecular complexity index is 2550. The number of aliphatic hydroxyl groups excluding tert-OH is 1. The van der Waals surface area contributed by atoms with Crippen LogP contribution in [-0.4, -0.2) is 96.7 Å². The molecule has 0 aromatic heterocycles. The second-order valence-corrected chi connectivity index (χ2v) is 28.1. The summed E-state index contributed by atoms with van der Waals surface area (Å²) in [6.45, 7) is 4.37. The first-order chi connectivity index (χ1) is 49.7. The minimum absolute atomic E-state index is 0.0336. The predicted molar refractivity (Wildman–Crippen MR) is 417 cm³/mol. The lowest BCUT2D eigenvalue weighted by atomic mass is 10.1. The van der Waals surface area contributed by atoms with E-state index in [-0.39, 0.29) is 25.7 Å². The van der Waals surface area contributed by atoms with Crippen molar-refractivity contribution in [3.8, 4) is 0 Å². The molecule has 0 aromatic carbocycles. The molecule has 0 amide bonds. The lowest BCUT2D eigenvalue weighted by molar-refractivity contribution is -0.161. The third-order valence-electron chi connectivity index (χ3n) is 15.5. The van der Waals surface area contributed by atoms with E-state index in [2.05, 4.69) is 186 Å². The van der Waals surface area contributed by atoms with Crippen LogP contribution in [0.4, 0.5) is 0 Å². The number of aliphatic hydroxyl groups is 1. The molecule has 580 valence electrons. The van der Waals surface area contributed by atoms with Crippen molar-refractivity contribution in [3.63, 3.8) is 0 Å². The topological polar surface area (TPSA) is 237 Å². The molecule has 0 saturated carbocycles. The number of carbonyl (C=O) groups excluding carboxylic acids is 4. The van der Waals surface area contributed by atoms with Gasteiger partial charge in [-0.15, -0.1) is 0 Å². The van der Waals surface area contributed by atoms with Crippen LogP contribution >= 0.6 is 15.6 Å². The summed E-state index contributed by atoms with van der Waals surface area (Å²) in [4.78, 5) is 72.9. The number of phosphoric acid groups is 2. The van der Waals surface area contributed by atoms with Crippen LogP contribution in [0.1, 0.15) is 285 Å². The fourth-order valence-corrected chi connectivity index (χ4v) is 11.2. The summed E-state index contributed by atoms with van der Waals surface area (Å²) < 4.78 is 68.4. The van der Waals surface area contributed by atoms with Gasteiger partial charge in [-0.25, -0.2) is 9.13 Å². The monoisotopic (exact) mass is 1470 g/mol. The molecule has 17 nitrogen and oxygen atoms in total. The van der Waals surface area contributed by atoms with Gasteiger partial charge in [-0.2, -0.15) is 0 Å². The summed E-state index contributed by atoms with van der Waals surface area (Å²) in [7, 11) is -9.99. The summed E-state index contributed by atoms with van der Waals surface area (Å²) >= 11 is 0. The first-order valence-corrected chi connectivity index (χ1v) is 41.7. The van der Waals surface area contributed by atoms with Crippen molar-refractivity contribution in [3.05, 3.63) is 158 Å². The number of carbonyl (C=O) groups is 4. The molecule has 19 heteroatoms. The molecule has 5 unspecified atom stereocenters. The molecule has 0 fully saturated rings. The second kappa shape index (κ2) is 74.0. The Hall–Kier alpha value is -5.32. The number of rotatable bonds is 71. The fourth-order valence-electron chi connectivity index (χ4n) is 9.64. The lowest BCUT2D eigenvalue weighted by Crippen LogP contribution is -2.30. The maximum atomic E-state index is 13.1. The Morgan fingerprint density at radius 2 is 0.510 bits per heavy atom. The van der Waals surface area contributed by atoms with E-state index in [0.717, 1.165) is 186 Å². The van der Waals surface area contributed by atoms with Crippen molar-refractivity contribution < 1.29 is 80.2 Å². The largest absolute Gasteiger partial charge is 0.472 e. The van der Waals surface area contributed by atoms with Crippen LogP contribution in [-0.2, 0) is 65.4 Å². The highest BCUT2D eigenvalue weighted by molar-refractivity contribution is 7.47. The highest BCUT2D eigenvalue weighted by Crippen LogP contribution is 2.45. The first-order valence-electron chi connectivity index (χ1n) is 38.7. The van der Waals surface area contributed by atoms with Crippen LogP contribution in [0.2, 0.25) is 0 Å². The number of hydrogen-bond acceptors (Lipinski definition) is 15. The molecule has 0 spiro atoms. The Morgan fingerprint density at radius 1 is 0.284 bits per heavy atom. The Labute approximate surface area is 617 Å². The zero-order valence-corrected chi connectivity index (χ0v) is 65.0. The molecule has 0 aromatic rings. The van der Waals surface area contributed by atoms with Crippen LogP contribution in [0.15, 0.2) is 158 Å². The van der Waals surface area contributed by atoms with Gasteiger partial charge in [0.1, 0.15) is 19.3 Å². The van der Waals surface area contributed by atoms with E-state index >= 15 is 0 Å². The van der Waals surface area contributed by atoms with E-state index in [1.165, 1.54) is 12.8 Å². The van der Waals surface area contributed by atoms with Crippen molar-refractivity contribution in [2.75, 3.05) is 39.6 Å². The third-order valence-corrected chi connectivity index (χ3v) is 17.4. The number of phosphoric ester groups is 2. The zero-order chi connectivity index (χ0) is 74.6. The van der Waals surface area contributed by atoms with Crippen LogP contribution in [0.3, 0.4) is 0 Å². The molecule has 0 aliphatic heterocycles. The number of ether oxygens (including phenoxy) is 4. The number of hydrogen-bond donors (Lipinski definition) is 3. The summed E-state index contributed by atoms with van der Waals surface area (Å²) in [6, 6.07) is 0. The molecule has 5 atom stereocenters. The predicted octanol–water partition coefficient (Wildman–Crippen LogP) is 22.4. The maximum Gasteiger partial charge on any atom is 0.472 e. The Balaban J connectivity index is 5.40. The van der Waals surface area contributed by atoms with Crippen LogP contribution < -0.4 is 0 Å². The van der Waals surface area contributed by atoms with Gasteiger partial charge in [0.05, 0.1) is 26.4 Å². The van der Waals surface area contributed by atoms with E-state index in [1.54, 1.807) is 0 Å². The molecule has 3 N–H and O–H groups in total. The van der Waals surface area contributed by atoms with Gasteiger partial charge in [-0.1, -0.05) is 256 Å². The normalized spacial score (nSPS) is 14.8. The van der Waals surface area contributed by atoms with E-state index in [9.17, 15) is 43.2 Å². The second-order valence-electron chi connectivity index (χ2n) is 25.1. The van der Waals surface area contributed by atoms with Gasteiger partial charge in [-0.05, 0) is 161 Å². The average molecular weight is 1470 g/mol. The molecular formula is C83H136O17P2. The molecule has 0 rings (SSSR count). The summed E-state index contributed by atoms with van der Waals surface area (Å²) in [6.07, 6.45) is 85.2. The van der Waals surface area contributed by atoms with Crippen LogP contribution in [0, 0.1) is 0 Å². The van der Waals surface area contributed by atoms with Gasteiger partial charge >= 0.3 is 39.5 Å². The first kappa shape index (κ1) is 96.7. The summed E-state index contributed by atoms with van der Waals surface area (Å²) in [5.74, 6) is -2.29. The Morgan fingerprint density at radius 3 is 0.814 bits per heavy atom. The van der Waals surface area contributed by atoms with E-state index < -0.39 is 97.5 Å². The van der Waals surface area contributed by atoms with Crippen molar-refractivity contribution in [2.45, 2.75) is 303 Å². The van der Waals surface area contributed by atoms with Crippen molar-refractivity contribution in [1.82, 2.24) is 0 Å². The standard InChI is InChI=1S/C83H136O17P2/c1-5-9-13-17-21-25-29-32-35-37-38-40-43-45-49-52-56-60-64-68-81(86)94-74-79(100-83(88)70-66-62-58-54-50-46-41-34-31-27-23-19-15-11-7-3)76-98-102(91,92)96-72-77(84)71-95-101(89,90)97-75-78(99-82(87)69-65-61-57-53-47-28-24-20-16-12-8-4)73-93-80(85)67-63-59-55-51-48-44-42-39-36-33-30-26-22-18-14-10-6-2/h9-11,13-15,20-27,32-36,38,40-42,44,50,54,77-79,84H,5-8,12,16-19,28-31,37,39,43,45-49,51-53,55-76H2,1-4H3,(H,89,90)(H,91,92)/b13-9-,14-10-,15-11-,24-20-,25-21-,26-22-,27-23-,35-32-,36-33-,40-38-,41-34-,44-42-,54-50-. The Kier molecular flexibility index (Phi) is 70.1. The lowest BCUT2D eigenvalue weighted by Gasteiger charge is -2.21. The van der Waals surface area contributed by atoms with E-state index in [0.29, 0.717) is 32.1 Å². The van der Waals surface area contributed by atoms with Crippen molar-refractivity contribution in [1.29, 1.82) is 0 Å². The third kappa shape index (κ3) is 73.0. The molecule has 0 bridgehead atoms. The number of esters is 4. The number of allylic oxidation sites excluding steroid dienone is 26. The van der Waals surface area contributed by atoms with Crippen LogP contribution in [0.5, 0.6) is 0 Å². The van der Waals surface area contributed by atoms with E-state index in [4.69, 9.17) is 37.0 Å². The minimum atomic E-state index is -5.00. The smallest absolute Gasteiger partial charge is 0.462 e. The molecule has 0 saturated heterocycles. The van der Waals surface area contributed by atoms with E-state index in [1.807, 2.05) is 0 Å². The SMILES string of the molecule is CC/C=C\C/C=C\C/C=C\C/C=C\CCCCCCCCC(=O)OCC(COP(=O)(O)OCC(O)COP(=O)(O)OCC(COC(=O)CCCCCC/C=C\C/C=C\C/C=C\C/C=C\CC)OC(=O)CCCCCCC/C=C\CCCC)OC(=O)CCCC/C=C\C/C=C\C/C=C\C/C=C\CC. The van der Waals surface area contributed by atoms with Gasteiger partial charge in [0.15, 0.2) is 12.2 Å². The van der Waals surface area contributed by atoms with Crippen molar-refractivity contribution >= 4 is 39.5 Å². The maximum absolute atomic E-state index is 13.1. The number of unbranched alkanes of at least 4 members (excludes halogenated alkanes) is 19. The molecule has 102 heavy (non-hydrogen) atoms. The fraction of sp³-hybridized carbons (Fsp3) is 0.639. The zero-order valence-electron chi connectivity index (χ0n) is 63.2. The highest BCUT2D eigenvalue weighted by Gasteiger charge is 2.30. The van der Waals surface area contributed by atoms with Gasteiger partial charge in [0, 0.05) is 25.7 Å². The minimum Gasteiger partial charge on any atom is -0.462 e. The highest BCUT2D eigenvalue weighted by atomic mass is 31.2. The molecule has 0 aliphatic carbocycles. The van der Waals surface area contributed by atoms with Gasteiger partial charge in [-0.3, -0.25) is 37.3 Å².